The first-order valence-electron chi connectivity index (χ1n) is 6.59. The number of nitrogens with zero attached hydrogens (tertiary/aromatic N) is 3. The van der Waals surface area contributed by atoms with E-state index in [0.717, 1.165) is 10.8 Å². The van der Waals surface area contributed by atoms with Crippen molar-refractivity contribution in [2.75, 3.05) is 5.73 Å². The maximum absolute atomic E-state index is 11.0. The SMILES string of the molecule is Nc1ccc(/N=N/c2ccccc2[N+](=O)[O-])c2ccccc12. The molecule has 0 fully saturated rings. The molecule has 0 saturated heterocycles. The number of nitro groups is 1. The van der Waals surface area contributed by atoms with E-state index in [9.17, 15) is 10.1 Å². The molecule has 0 aromatic heterocycles. The highest BCUT2D eigenvalue weighted by molar-refractivity contribution is 5.99. The van der Waals surface area contributed by atoms with Crippen LogP contribution in [0.5, 0.6) is 0 Å². The summed E-state index contributed by atoms with van der Waals surface area (Å²) in [6.45, 7) is 0. The molecule has 108 valence electrons. The van der Waals surface area contributed by atoms with Gasteiger partial charge in [-0.1, -0.05) is 36.4 Å². The Labute approximate surface area is 126 Å². The van der Waals surface area contributed by atoms with E-state index in [-0.39, 0.29) is 11.4 Å². The van der Waals surface area contributed by atoms with Gasteiger partial charge in [0.15, 0.2) is 5.69 Å². The second-order valence-corrected chi connectivity index (χ2v) is 4.67. The van der Waals surface area contributed by atoms with Crippen molar-refractivity contribution in [2.45, 2.75) is 0 Å². The second kappa shape index (κ2) is 5.61. The molecule has 0 radical (unpaired) electrons. The van der Waals surface area contributed by atoms with Crippen LogP contribution < -0.4 is 5.73 Å². The summed E-state index contributed by atoms with van der Waals surface area (Å²) in [5.41, 5.74) is 7.34. The van der Waals surface area contributed by atoms with Crippen LogP contribution in [0.2, 0.25) is 0 Å². The van der Waals surface area contributed by atoms with Gasteiger partial charge in [0, 0.05) is 22.5 Å². The average Bonchev–Trinajstić information content (AvgIpc) is 2.55. The zero-order valence-corrected chi connectivity index (χ0v) is 11.5. The van der Waals surface area contributed by atoms with E-state index in [4.69, 9.17) is 5.73 Å². The fourth-order valence-corrected chi connectivity index (χ4v) is 2.20. The molecule has 0 bridgehead atoms. The lowest BCUT2D eigenvalue weighted by molar-refractivity contribution is -0.384. The van der Waals surface area contributed by atoms with Crippen LogP contribution in [0.25, 0.3) is 10.8 Å². The Morgan fingerprint density at radius 3 is 2.23 bits per heavy atom. The van der Waals surface area contributed by atoms with E-state index >= 15 is 0 Å². The van der Waals surface area contributed by atoms with E-state index in [2.05, 4.69) is 10.2 Å². The van der Waals surface area contributed by atoms with E-state index in [1.165, 1.54) is 6.07 Å². The molecular formula is C16H12N4O2. The maximum atomic E-state index is 11.0. The van der Waals surface area contributed by atoms with Crippen LogP contribution in [0.3, 0.4) is 0 Å². The lowest BCUT2D eigenvalue weighted by atomic mass is 10.1. The summed E-state index contributed by atoms with van der Waals surface area (Å²) in [6, 6.07) is 17.3. The molecule has 0 spiro atoms. The van der Waals surface area contributed by atoms with Crippen LogP contribution in [0.4, 0.5) is 22.7 Å². The van der Waals surface area contributed by atoms with Gasteiger partial charge in [0.2, 0.25) is 0 Å². The van der Waals surface area contributed by atoms with Crippen LogP contribution in [0.15, 0.2) is 70.9 Å². The minimum atomic E-state index is -0.477. The summed E-state index contributed by atoms with van der Waals surface area (Å²) in [6.07, 6.45) is 0. The van der Waals surface area contributed by atoms with Crippen molar-refractivity contribution in [3.05, 3.63) is 70.8 Å². The third kappa shape index (κ3) is 2.49. The zero-order chi connectivity index (χ0) is 15.5. The minimum absolute atomic E-state index is 0.0778. The molecule has 0 saturated carbocycles. The molecule has 6 heteroatoms. The summed E-state index contributed by atoms with van der Waals surface area (Å²) in [5, 5.41) is 20.9. The van der Waals surface area contributed by atoms with Crippen molar-refractivity contribution < 1.29 is 4.92 Å². The van der Waals surface area contributed by atoms with Crippen LogP contribution in [0.1, 0.15) is 0 Å². The summed E-state index contributed by atoms with van der Waals surface area (Å²) in [7, 11) is 0. The first-order chi connectivity index (χ1) is 10.7. The Hall–Kier alpha value is -3.28. The monoisotopic (exact) mass is 292 g/mol. The highest BCUT2D eigenvalue weighted by Crippen LogP contribution is 2.33. The Balaban J connectivity index is 2.08. The standard InChI is InChI=1S/C16H12N4O2/c17-13-9-10-14(12-6-2-1-5-11(12)13)18-19-15-7-3-4-8-16(15)20(21)22/h1-10H,17H2/b19-18+. The van der Waals surface area contributed by atoms with Crippen molar-refractivity contribution in [3.63, 3.8) is 0 Å². The van der Waals surface area contributed by atoms with Crippen molar-refractivity contribution in [1.82, 2.24) is 0 Å². The Kier molecular flexibility index (Phi) is 3.49. The van der Waals surface area contributed by atoms with Gasteiger partial charge in [-0.05, 0) is 18.2 Å². The van der Waals surface area contributed by atoms with Crippen molar-refractivity contribution >= 4 is 33.5 Å². The molecule has 3 aromatic carbocycles. The summed E-state index contributed by atoms with van der Waals surface area (Å²) < 4.78 is 0. The number of nitro benzene ring substituents is 1. The van der Waals surface area contributed by atoms with Crippen LogP contribution >= 0.6 is 0 Å². The topological polar surface area (TPSA) is 93.9 Å². The fraction of sp³-hybridized carbons (Fsp3) is 0. The molecule has 3 aromatic rings. The number of hydrogen-bond acceptors (Lipinski definition) is 5. The maximum Gasteiger partial charge on any atom is 0.296 e. The van der Waals surface area contributed by atoms with Crippen LogP contribution in [0, 0.1) is 10.1 Å². The van der Waals surface area contributed by atoms with E-state index < -0.39 is 4.92 Å². The number of hydrogen-bond donors (Lipinski definition) is 1. The van der Waals surface area contributed by atoms with Gasteiger partial charge >= 0.3 is 0 Å². The largest absolute Gasteiger partial charge is 0.398 e. The first kappa shape index (κ1) is 13.7. The molecule has 0 unspecified atom stereocenters. The number of benzene rings is 3. The Morgan fingerprint density at radius 1 is 0.818 bits per heavy atom. The molecule has 0 aliphatic heterocycles. The van der Waals surface area contributed by atoms with E-state index in [1.54, 1.807) is 30.3 Å². The number of anilines is 1. The smallest absolute Gasteiger partial charge is 0.296 e. The Bertz CT molecular complexity index is 890. The molecule has 0 atom stereocenters. The van der Waals surface area contributed by atoms with Gasteiger partial charge in [-0.25, -0.2) is 0 Å². The Morgan fingerprint density at radius 2 is 1.45 bits per heavy atom. The number of azo groups is 1. The highest BCUT2D eigenvalue weighted by atomic mass is 16.6. The van der Waals surface area contributed by atoms with Gasteiger partial charge in [0.25, 0.3) is 5.69 Å². The molecule has 0 heterocycles. The molecule has 2 N–H and O–H groups in total. The molecule has 3 rings (SSSR count). The van der Waals surface area contributed by atoms with Gasteiger partial charge in [-0.15, -0.1) is 10.2 Å². The van der Waals surface area contributed by atoms with Crippen molar-refractivity contribution in [3.8, 4) is 0 Å². The number of fused-ring (bicyclic) bond motifs is 1. The predicted octanol–water partition coefficient (Wildman–Crippen LogP) is 4.75. The summed E-state index contributed by atoms with van der Waals surface area (Å²) in [5.74, 6) is 0. The van der Waals surface area contributed by atoms with Gasteiger partial charge in [-0.2, -0.15) is 0 Å². The lowest BCUT2D eigenvalue weighted by Gasteiger charge is -2.04. The molecule has 0 amide bonds. The van der Waals surface area contributed by atoms with Gasteiger partial charge < -0.3 is 5.73 Å². The normalized spacial score (nSPS) is 11.1. The number of nitrogen functional groups attached to an aromatic ring is 1. The molecule has 0 aliphatic rings. The molecular weight excluding hydrogens is 280 g/mol. The summed E-state index contributed by atoms with van der Waals surface area (Å²) >= 11 is 0. The number of nitrogens with two attached hydrogens (primary N) is 1. The van der Waals surface area contributed by atoms with Crippen LogP contribution in [-0.4, -0.2) is 4.92 Å². The predicted molar refractivity (Wildman–Crippen MR) is 85.6 cm³/mol. The van der Waals surface area contributed by atoms with E-state index in [0.29, 0.717) is 11.4 Å². The minimum Gasteiger partial charge on any atom is -0.398 e. The van der Waals surface area contributed by atoms with Crippen molar-refractivity contribution in [1.29, 1.82) is 0 Å². The average molecular weight is 292 g/mol. The third-order valence-corrected chi connectivity index (χ3v) is 3.28. The number of rotatable bonds is 3. The van der Waals surface area contributed by atoms with Crippen LogP contribution in [-0.2, 0) is 0 Å². The number of para-hydroxylation sites is 1. The van der Waals surface area contributed by atoms with Gasteiger partial charge in [-0.3, -0.25) is 10.1 Å². The van der Waals surface area contributed by atoms with E-state index in [1.807, 2.05) is 24.3 Å². The molecule has 0 aliphatic carbocycles. The van der Waals surface area contributed by atoms with Gasteiger partial charge in [0.1, 0.15) is 0 Å². The second-order valence-electron chi connectivity index (χ2n) is 4.67. The molecule has 6 nitrogen and oxygen atoms in total. The first-order valence-corrected chi connectivity index (χ1v) is 6.59. The molecule has 22 heavy (non-hydrogen) atoms. The lowest BCUT2D eigenvalue weighted by Crippen LogP contribution is -1.87. The highest BCUT2D eigenvalue weighted by Gasteiger charge is 2.11. The zero-order valence-electron chi connectivity index (χ0n) is 11.5. The summed E-state index contributed by atoms with van der Waals surface area (Å²) in [4.78, 5) is 10.5. The third-order valence-electron chi connectivity index (χ3n) is 3.28. The quantitative estimate of drug-likeness (QED) is 0.327. The van der Waals surface area contributed by atoms with Gasteiger partial charge in [0.05, 0.1) is 10.6 Å². The fourth-order valence-electron chi connectivity index (χ4n) is 2.20. The van der Waals surface area contributed by atoms with Crippen molar-refractivity contribution in [2.24, 2.45) is 10.2 Å².